The fourth-order valence-electron chi connectivity index (χ4n) is 3.18. The van der Waals surface area contributed by atoms with E-state index >= 15 is 0 Å². The van der Waals surface area contributed by atoms with Crippen molar-refractivity contribution in [2.45, 2.75) is 52.1 Å². The van der Waals surface area contributed by atoms with E-state index in [-0.39, 0.29) is 6.10 Å². The minimum Gasteiger partial charge on any atom is -0.390 e. The van der Waals surface area contributed by atoms with Crippen molar-refractivity contribution in [3.63, 3.8) is 0 Å². The van der Waals surface area contributed by atoms with Crippen LogP contribution in [0, 0.1) is 5.92 Å². The van der Waals surface area contributed by atoms with Gasteiger partial charge < -0.3 is 15.3 Å². The molecule has 0 unspecified atom stereocenters. The zero-order chi connectivity index (χ0) is 16.7. The van der Waals surface area contributed by atoms with Crippen LogP contribution in [0.2, 0.25) is 0 Å². The Morgan fingerprint density at radius 3 is 2.43 bits per heavy atom. The van der Waals surface area contributed by atoms with Gasteiger partial charge in [-0.15, -0.1) is 0 Å². The van der Waals surface area contributed by atoms with Gasteiger partial charge in [0.1, 0.15) is 0 Å². The van der Waals surface area contributed by atoms with E-state index in [0.717, 1.165) is 38.5 Å². The first-order valence-corrected chi connectivity index (χ1v) is 9.24. The van der Waals surface area contributed by atoms with Crippen LogP contribution in [0.1, 0.15) is 50.7 Å². The van der Waals surface area contributed by atoms with Crippen LogP contribution in [-0.4, -0.2) is 48.8 Å². The predicted octanol–water partition coefficient (Wildman–Crippen LogP) is 3.03. The van der Waals surface area contributed by atoms with Crippen molar-refractivity contribution < 1.29 is 5.11 Å². The van der Waals surface area contributed by atoms with Gasteiger partial charge in [0.05, 0.1) is 6.10 Å². The summed E-state index contributed by atoms with van der Waals surface area (Å²) in [5.74, 6) is 1.44. The normalized spacial score (nSPS) is 18.5. The third kappa shape index (κ3) is 6.62. The first kappa shape index (κ1) is 18.4. The van der Waals surface area contributed by atoms with Crippen LogP contribution >= 0.6 is 0 Å². The molecule has 3 nitrogen and oxygen atoms in total. The molecule has 0 amide bonds. The molecule has 0 spiro atoms. The average molecular weight is 319 g/mol. The van der Waals surface area contributed by atoms with E-state index in [2.05, 4.69) is 55.3 Å². The van der Waals surface area contributed by atoms with Crippen LogP contribution in [0.25, 0.3) is 0 Å². The van der Waals surface area contributed by atoms with Crippen LogP contribution in [0.15, 0.2) is 24.3 Å². The lowest BCUT2D eigenvalue weighted by molar-refractivity contribution is 0.0910. The highest BCUT2D eigenvalue weighted by Gasteiger charge is 2.17. The number of hydrogen-bond donors (Lipinski definition) is 2. The van der Waals surface area contributed by atoms with E-state index in [0.29, 0.717) is 12.5 Å². The van der Waals surface area contributed by atoms with Gasteiger partial charge in [-0.3, -0.25) is 0 Å². The van der Waals surface area contributed by atoms with Gasteiger partial charge in [-0.1, -0.05) is 45.0 Å². The van der Waals surface area contributed by atoms with Gasteiger partial charge >= 0.3 is 0 Å². The number of rotatable bonds is 8. The zero-order valence-corrected chi connectivity index (χ0v) is 15.1. The molecule has 1 aliphatic heterocycles. The Kier molecular flexibility index (Phi) is 7.54. The van der Waals surface area contributed by atoms with Crippen molar-refractivity contribution in [3.05, 3.63) is 35.4 Å². The van der Waals surface area contributed by atoms with Gasteiger partial charge in [0.2, 0.25) is 0 Å². The summed E-state index contributed by atoms with van der Waals surface area (Å²) in [6.07, 6.45) is 3.30. The van der Waals surface area contributed by atoms with E-state index in [1.807, 2.05) is 0 Å². The third-order valence-electron chi connectivity index (χ3n) is 4.96. The van der Waals surface area contributed by atoms with Crippen molar-refractivity contribution >= 4 is 0 Å². The molecule has 3 heteroatoms. The minimum absolute atomic E-state index is 0.258. The van der Waals surface area contributed by atoms with Crippen molar-refractivity contribution in [3.8, 4) is 0 Å². The quantitative estimate of drug-likeness (QED) is 0.723. The standard InChI is InChI=1S/C20H34N2O/c1-16(2)19-6-4-18(5-7-19)8-11-21-14-20(23)15-22-12-9-17(3)10-13-22/h4-7,16-17,20-21,23H,8-15H2,1-3H3/t20-/m1/s1. The molecule has 1 aromatic rings. The molecular formula is C20H34N2O. The predicted molar refractivity (Wildman–Crippen MR) is 97.9 cm³/mol. The smallest absolute Gasteiger partial charge is 0.0791 e. The number of β-amino-alcohol motifs (C(OH)–C–C–N with tert-alkyl or cyclic N) is 1. The van der Waals surface area contributed by atoms with E-state index in [1.54, 1.807) is 0 Å². The number of aliphatic hydroxyl groups excluding tert-OH is 1. The van der Waals surface area contributed by atoms with Crippen molar-refractivity contribution in [1.82, 2.24) is 10.2 Å². The molecule has 23 heavy (non-hydrogen) atoms. The molecule has 1 saturated heterocycles. The maximum Gasteiger partial charge on any atom is 0.0791 e. The molecule has 0 radical (unpaired) electrons. The zero-order valence-electron chi connectivity index (χ0n) is 15.1. The molecule has 0 bridgehead atoms. The first-order valence-electron chi connectivity index (χ1n) is 9.24. The van der Waals surface area contributed by atoms with Crippen LogP contribution in [0.3, 0.4) is 0 Å². The molecule has 0 saturated carbocycles. The highest BCUT2D eigenvalue weighted by atomic mass is 16.3. The lowest BCUT2D eigenvalue weighted by Crippen LogP contribution is -2.42. The summed E-state index contributed by atoms with van der Waals surface area (Å²) in [4.78, 5) is 2.40. The Bertz CT molecular complexity index is 435. The fraction of sp³-hybridized carbons (Fsp3) is 0.700. The second-order valence-corrected chi connectivity index (χ2v) is 7.49. The lowest BCUT2D eigenvalue weighted by atomic mass is 9.99. The summed E-state index contributed by atoms with van der Waals surface area (Å²) < 4.78 is 0. The molecule has 1 aliphatic rings. The minimum atomic E-state index is -0.258. The van der Waals surface area contributed by atoms with Gasteiger partial charge in [-0.2, -0.15) is 0 Å². The SMILES string of the molecule is CC1CCN(C[C@H](O)CNCCc2ccc(C(C)C)cc2)CC1. The van der Waals surface area contributed by atoms with Crippen molar-refractivity contribution in [1.29, 1.82) is 0 Å². The number of nitrogens with zero attached hydrogens (tertiary/aromatic N) is 1. The molecule has 1 aromatic carbocycles. The molecule has 0 aromatic heterocycles. The summed E-state index contributed by atoms with van der Waals surface area (Å²) >= 11 is 0. The molecule has 2 rings (SSSR count). The summed E-state index contributed by atoms with van der Waals surface area (Å²) in [7, 11) is 0. The topological polar surface area (TPSA) is 35.5 Å². The number of aliphatic hydroxyl groups is 1. The monoisotopic (exact) mass is 318 g/mol. The maximum absolute atomic E-state index is 10.2. The maximum atomic E-state index is 10.2. The molecule has 0 aliphatic carbocycles. The van der Waals surface area contributed by atoms with Crippen molar-refractivity contribution in [2.24, 2.45) is 5.92 Å². The van der Waals surface area contributed by atoms with Crippen LogP contribution in [-0.2, 0) is 6.42 Å². The molecule has 2 N–H and O–H groups in total. The first-order chi connectivity index (χ1) is 11.0. The fourth-order valence-corrected chi connectivity index (χ4v) is 3.18. The Morgan fingerprint density at radius 2 is 1.83 bits per heavy atom. The second kappa shape index (κ2) is 9.41. The summed E-state index contributed by atoms with van der Waals surface area (Å²) in [5, 5.41) is 13.6. The van der Waals surface area contributed by atoms with E-state index < -0.39 is 0 Å². The van der Waals surface area contributed by atoms with Crippen LogP contribution in [0.4, 0.5) is 0 Å². The summed E-state index contributed by atoms with van der Waals surface area (Å²) in [6.45, 7) is 11.5. The van der Waals surface area contributed by atoms with E-state index in [4.69, 9.17) is 0 Å². The lowest BCUT2D eigenvalue weighted by Gasteiger charge is -2.31. The Balaban J connectivity index is 1.59. The molecule has 1 atom stereocenters. The van der Waals surface area contributed by atoms with Gasteiger partial charge in [-0.05, 0) is 61.9 Å². The van der Waals surface area contributed by atoms with Gasteiger partial charge in [0.25, 0.3) is 0 Å². The van der Waals surface area contributed by atoms with Crippen LogP contribution < -0.4 is 5.32 Å². The van der Waals surface area contributed by atoms with E-state index in [9.17, 15) is 5.11 Å². The molecule has 130 valence electrons. The van der Waals surface area contributed by atoms with Crippen LogP contribution in [0.5, 0.6) is 0 Å². The molecule has 1 heterocycles. The van der Waals surface area contributed by atoms with Gasteiger partial charge in [-0.25, -0.2) is 0 Å². The van der Waals surface area contributed by atoms with E-state index in [1.165, 1.54) is 24.0 Å². The Labute approximate surface area is 142 Å². The number of nitrogens with one attached hydrogen (secondary N) is 1. The average Bonchev–Trinajstić information content (AvgIpc) is 2.54. The third-order valence-corrected chi connectivity index (χ3v) is 4.96. The molecule has 1 fully saturated rings. The second-order valence-electron chi connectivity index (χ2n) is 7.49. The summed E-state index contributed by atoms with van der Waals surface area (Å²) in [5.41, 5.74) is 2.76. The Morgan fingerprint density at radius 1 is 1.17 bits per heavy atom. The van der Waals surface area contributed by atoms with Crippen molar-refractivity contribution in [2.75, 3.05) is 32.7 Å². The Hall–Kier alpha value is -0.900. The number of benzene rings is 1. The van der Waals surface area contributed by atoms with Gasteiger partial charge in [0.15, 0.2) is 0 Å². The molecular weight excluding hydrogens is 284 g/mol. The largest absolute Gasteiger partial charge is 0.390 e. The summed E-state index contributed by atoms with van der Waals surface area (Å²) in [6, 6.07) is 8.91. The number of piperidine rings is 1. The highest BCUT2D eigenvalue weighted by Crippen LogP contribution is 2.16. The van der Waals surface area contributed by atoms with Gasteiger partial charge in [0, 0.05) is 13.1 Å². The number of hydrogen-bond acceptors (Lipinski definition) is 3. The highest BCUT2D eigenvalue weighted by molar-refractivity contribution is 5.24. The number of likely N-dealkylation sites (tertiary alicyclic amines) is 1.